The summed E-state index contributed by atoms with van der Waals surface area (Å²) in [5, 5.41) is 13.6. The van der Waals surface area contributed by atoms with Crippen molar-refractivity contribution >= 4 is 33.9 Å². The third kappa shape index (κ3) is 5.47. The number of hydrogen-bond acceptors (Lipinski definition) is 6. The van der Waals surface area contributed by atoms with Gasteiger partial charge in [-0.15, -0.1) is 22.0 Å². The van der Waals surface area contributed by atoms with Gasteiger partial charge in [-0.2, -0.15) is 0 Å². The first kappa shape index (κ1) is 22.2. The SMILES string of the molecule is COc1cccc(-c2nnc(Nc3cccc(SCc4ccc(-c5ccccc5)cc4)c3)s2)c1. The first-order chi connectivity index (χ1) is 16.8. The molecule has 0 saturated heterocycles. The molecule has 0 atom stereocenters. The predicted octanol–water partition coefficient (Wildman–Crippen LogP) is 7.92. The molecule has 0 spiro atoms. The Kier molecular flexibility index (Phi) is 6.89. The molecule has 0 amide bonds. The number of ether oxygens (including phenoxy) is 1. The van der Waals surface area contributed by atoms with Crippen molar-refractivity contribution in [2.45, 2.75) is 10.6 Å². The largest absolute Gasteiger partial charge is 0.497 e. The van der Waals surface area contributed by atoms with E-state index in [0.717, 1.165) is 32.9 Å². The molecule has 6 heteroatoms. The van der Waals surface area contributed by atoms with E-state index in [1.165, 1.54) is 32.9 Å². The lowest BCUT2D eigenvalue weighted by atomic mass is 10.0. The summed E-state index contributed by atoms with van der Waals surface area (Å²) in [4.78, 5) is 1.20. The van der Waals surface area contributed by atoms with Crippen LogP contribution in [0.4, 0.5) is 10.8 Å². The van der Waals surface area contributed by atoms with E-state index in [9.17, 15) is 0 Å². The number of nitrogens with one attached hydrogen (secondary N) is 1. The van der Waals surface area contributed by atoms with Crippen molar-refractivity contribution in [2.75, 3.05) is 12.4 Å². The smallest absolute Gasteiger partial charge is 0.210 e. The number of hydrogen-bond donors (Lipinski definition) is 1. The molecule has 0 radical (unpaired) electrons. The predicted molar refractivity (Wildman–Crippen MR) is 143 cm³/mol. The summed E-state index contributed by atoms with van der Waals surface area (Å²) in [6.45, 7) is 0. The van der Waals surface area contributed by atoms with Crippen molar-refractivity contribution in [1.29, 1.82) is 0 Å². The van der Waals surface area contributed by atoms with Crippen LogP contribution in [0.3, 0.4) is 0 Å². The van der Waals surface area contributed by atoms with Gasteiger partial charge in [0.25, 0.3) is 0 Å². The Bertz CT molecular complexity index is 1370. The van der Waals surface area contributed by atoms with Crippen molar-refractivity contribution in [3.63, 3.8) is 0 Å². The quantitative estimate of drug-likeness (QED) is 0.228. The molecule has 0 unspecified atom stereocenters. The van der Waals surface area contributed by atoms with Crippen molar-refractivity contribution in [1.82, 2.24) is 10.2 Å². The number of anilines is 2. The molecule has 5 aromatic rings. The van der Waals surface area contributed by atoms with Crippen molar-refractivity contribution in [3.05, 3.63) is 109 Å². The summed E-state index contributed by atoms with van der Waals surface area (Å²) in [5.74, 6) is 1.72. The molecule has 0 bridgehead atoms. The molecular formula is C28H23N3OS2. The molecule has 0 aliphatic rings. The number of methoxy groups -OCH3 is 1. The second-order valence-corrected chi connectivity index (χ2v) is 9.68. The van der Waals surface area contributed by atoms with E-state index >= 15 is 0 Å². The molecule has 0 aliphatic carbocycles. The van der Waals surface area contributed by atoms with E-state index in [1.54, 1.807) is 7.11 Å². The number of benzene rings is 4. The van der Waals surface area contributed by atoms with E-state index in [0.29, 0.717) is 0 Å². The van der Waals surface area contributed by atoms with Gasteiger partial charge in [-0.05, 0) is 47.0 Å². The van der Waals surface area contributed by atoms with E-state index in [-0.39, 0.29) is 0 Å². The van der Waals surface area contributed by atoms with Gasteiger partial charge in [0.2, 0.25) is 5.13 Å². The number of aromatic nitrogens is 2. The Hall–Kier alpha value is -3.61. The zero-order chi connectivity index (χ0) is 23.2. The summed E-state index contributed by atoms with van der Waals surface area (Å²) in [6, 6.07) is 35.5. The fourth-order valence-electron chi connectivity index (χ4n) is 3.52. The van der Waals surface area contributed by atoms with Gasteiger partial charge in [-0.1, -0.05) is 84.1 Å². The topological polar surface area (TPSA) is 47.0 Å². The van der Waals surface area contributed by atoms with E-state index in [4.69, 9.17) is 4.74 Å². The Morgan fingerprint density at radius 3 is 2.35 bits per heavy atom. The molecule has 34 heavy (non-hydrogen) atoms. The van der Waals surface area contributed by atoms with Crippen LogP contribution in [0.5, 0.6) is 5.75 Å². The molecule has 168 valence electrons. The monoisotopic (exact) mass is 481 g/mol. The molecule has 1 aromatic heterocycles. The summed E-state index contributed by atoms with van der Waals surface area (Å²) in [6.07, 6.45) is 0. The summed E-state index contributed by atoms with van der Waals surface area (Å²) < 4.78 is 5.31. The number of thioether (sulfide) groups is 1. The highest BCUT2D eigenvalue weighted by molar-refractivity contribution is 7.98. The van der Waals surface area contributed by atoms with Crippen LogP contribution >= 0.6 is 23.1 Å². The van der Waals surface area contributed by atoms with Crippen LogP contribution < -0.4 is 10.1 Å². The maximum Gasteiger partial charge on any atom is 0.210 e. The van der Waals surface area contributed by atoms with Crippen LogP contribution in [-0.4, -0.2) is 17.3 Å². The zero-order valence-electron chi connectivity index (χ0n) is 18.6. The minimum Gasteiger partial charge on any atom is -0.497 e. The Morgan fingerprint density at radius 1 is 0.765 bits per heavy atom. The average molecular weight is 482 g/mol. The van der Waals surface area contributed by atoms with Gasteiger partial charge in [-0.25, -0.2) is 0 Å². The lowest BCUT2D eigenvalue weighted by Crippen LogP contribution is -1.89. The van der Waals surface area contributed by atoms with Crippen molar-refractivity contribution in [3.8, 4) is 27.4 Å². The van der Waals surface area contributed by atoms with Gasteiger partial charge in [0, 0.05) is 21.9 Å². The molecule has 0 fully saturated rings. The Labute approximate surface area is 207 Å². The van der Waals surface area contributed by atoms with E-state index in [1.807, 2.05) is 48.2 Å². The molecule has 1 N–H and O–H groups in total. The summed E-state index contributed by atoms with van der Waals surface area (Å²) in [5.41, 5.74) is 5.78. The lowest BCUT2D eigenvalue weighted by molar-refractivity contribution is 0.415. The minimum atomic E-state index is 0.761. The van der Waals surface area contributed by atoms with Crippen LogP contribution in [0, 0.1) is 0 Å². The van der Waals surface area contributed by atoms with Gasteiger partial charge in [0.15, 0.2) is 0 Å². The number of rotatable bonds is 8. The first-order valence-electron chi connectivity index (χ1n) is 10.9. The Balaban J connectivity index is 1.22. The molecule has 1 heterocycles. The minimum absolute atomic E-state index is 0.761. The van der Waals surface area contributed by atoms with Gasteiger partial charge >= 0.3 is 0 Å². The fourth-order valence-corrected chi connectivity index (χ4v) is 5.20. The summed E-state index contributed by atoms with van der Waals surface area (Å²) >= 11 is 3.34. The highest BCUT2D eigenvalue weighted by Gasteiger charge is 2.08. The van der Waals surface area contributed by atoms with E-state index in [2.05, 4.69) is 82.2 Å². The van der Waals surface area contributed by atoms with Crippen molar-refractivity contribution in [2.24, 2.45) is 0 Å². The molecule has 4 nitrogen and oxygen atoms in total. The highest BCUT2D eigenvalue weighted by Crippen LogP contribution is 2.32. The standard InChI is InChI=1S/C28H23N3OS2/c1-32-25-11-5-9-23(17-25)27-30-31-28(34-27)29-24-10-6-12-26(18-24)33-19-20-13-15-22(16-14-20)21-7-3-2-4-8-21/h2-18H,19H2,1H3,(H,29,31). The second-order valence-electron chi connectivity index (χ2n) is 7.65. The van der Waals surface area contributed by atoms with Gasteiger partial charge in [0.05, 0.1) is 7.11 Å². The van der Waals surface area contributed by atoms with Gasteiger partial charge in [0.1, 0.15) is 10.8 Å². The summed E-state index contributed by atoms with van der Waals surface area (Å²) in [7, 11) is 1.66. The Morgan fingerprint density at radius 2 is 1.53 bits per heavy atom. The highest BCUT2D eigenvalue weighted by atomic mass is 32.2. The maximum atomic E-state index is 5.31. The third-order valence-corrected chi connectivity index (χ3v) is 7.25. The van der Waals surface area contributed by atoms with Crippen LogP contribution in [0.1, 0.15) is 5.56 Å². The molecule has 0 saturated carbocycles. The molecule has 0 aliphatic heterocycles. The average Bonchev–Trinajstić information content (AvgIpc) is 3.37. The van der Waals surface area contributed by atoms with Crippen LogP contribution in [0.15, 0.2) is 108 Å². The van der Waals surface area contributed by atoms with Crippen LogP contribution in [0.25, 0.3) is 21.7 Å². The van der Waals surface area contributed by atoms with Crippen LogP contribution in [-0.2, 0) is 5.75 Å². The molecular weight excluding hydrogens is 458 g/mol. The first-order valence-corrected chi connectivity index (χ1v) is 12.7. The van der Waals surface area contributed by atoms with Gasteiger partial charge in [-0.3, -0.25) is 0 Å². The zero-order valence-corrected chi connectivity index (χ0v) is 20.3. The third-order valence-electron chi connectivity index (χ3n) is 5.29. The van der Waals surface area contributed by atoms with Crippen molar-refractivity contribution < 1.29 is 4.74 Å². The molecule has 4 aromatic carbocycles. The number of nitrogens with zero attached hydrogens (tertiary/aromatic N) is 2. The fraction of sp³-hybridized carbons (Fsp3) is 0.0714. The second kappa shape index (κ2) is 10.5. The van der Waals surface area contributed by atoms with E-state index < -0.39 is 0 Å². The maximum absolute atomic E-state index is 5.31. The van der Waals surface area contributed by atoms with Crippen LogP contribution in [0.2, 0.25) is 0 Å². The molecule has 5 rings (SSSR count). The normalized spacial score (nSPS) is 10.7. The van der Waals surface area contributed by atoms with Gasteiger partial charge < -0.3 is 10.1 Å². The lowest BCUT2D eigenvalue weighted by Gasteiger charge is -2.07.